The van der Waals surface area contributed by atoms with Crippen LogP contribution >= 0.6 is 0 Å². The standard InChI is InChI=1S/C16H21N3O5S/c1-10(2)23-13-5-7-14(8-6-13)25(21,22)19-12(4)16(20)17-15-9-11(3)24-18-15/h5-10,12,19H,1-4H3,(H,17,18,20)/t12-/m1/s1. The van der Waals surface area contributed by atoms with Gasteiger partial charge in [-0.05, 0) is 52.0 Å². The molecule has 1 aromatic carbocycles. The Bertz CT molecular complexity index is 828. The molecule has 1 atom stereocenters. The van der Waals surface area contributed by atoms with Gasteiger partial charge in [-0.1, -0.05) is 5.16 Å². The highest BCUT2D eigenvalue weighted by atomic mass is 32.2. The van der Waals surface area contributed by atoms with Gasteiger partial charge in [-0.3, -0.25) is 4.79 Å². The number of nitrogens with zero attached hydrogens (tertiary/aromatic N) is 1. The molecule has 1 amide bonds. The highest BCUT2D eigenvalue weighted by Crippen LogP contribution is 2.17. The van der Waals surface area contributed by atoms with Crippen molar-refractivity contribution in [2.75, 3.05) is 5.32 Å². The van der Waals surface area contributed by atoms with Gasteiger partial charge in [0.15, 0.2) is 5.82 Å². The number of aryl methyl sites for hydroxylation is 1. The van der Waals surface area contributed by atoms with Crippen LogP contribution in [-0.2, 0) is 14.8 Å². The number of hydrogen-bond acceptors (Lipinski definition) is 6. The molecule has 0 aliphatic heterocycles. The molecule has 136 valence electrons. The molecule has 0 spiro atoms. The van der Waals surface area contributed by atoms with Gasteiger partial charge >= 0.3 is 0 Å². The number of carbonyl (C=O) groups excluding carboxylic acids is 1. The predicted molar refractivity (Wildman–Crippen MR) is 91.9 cm³/mol. The van der Waals surface area contributed by atoms with E-state index in [-0.39, 0.29) is 16.8 Å². The molecule has 0 saturated heterocycles. The predicted octanol–water partition coefficient (Wildman–Crippen LogP) is 2.08. The summed E-state index contributed by atoms with van der Waals surface area (Å²) in [5.41, 5.74) is 0. The second-order valence-electron chi connectivity index (χ2n) is 5.79. The summed E-state index contributed by atoms with van der Waals surface area (Å²) in [6.45, 7) is 6.88. The lowest BCUT2D eigenvalue weighted by atomic mass is 10.3. The van der Waals surface area contributed by atoms with E-state index in [4.69, 9.17) is 9.26 Å². The highest BCUT2D eigenvalue weighted by Gasteiger charge is 2.22. The fraction of sp³-hybridized carbons (Fsp3) is 0.375. The number of hydrogen-bond donors (Lipinski definition) is 2. The summed E-state index contributed by atoms with van der Waals surface area (Å²) >= 11 is 0. The number of rotatable bonds is 7. The molecule has 0 saturated carbocycles. The molecule has 25 heavy (non-hydrogen) atoms. The van der Waals surface area contributed by atoms with Gasteiger partial charge in [-0.25, -0.2) is 8.42 Å². The van der Waals surface area contributed by atoms with Gasteiger partial charge < -0.3 is 14.6 Å². The highest BCUT2D eigenvalue weighted by molar-refractivity contribution is 7.89. The number of anilines is 1. The Morgan fingerprint density at radius 2 is 1.84 bits per heavy atom. The van der Waals surface area contributed by atoms with E-state index in [0.29, 0.717) is 11.5 Å². The van der Waals surface area contributed by atoms with Crippen LogP contribution in [0.1, 0.15) is 26.5 Å². The van der Waals surface area contributed by atoms with E-state index in [1.54, 1.807) is 19.1 Å². The Hall–Kier alpha value is -2.39. The molecule has 2 rings (SSSR count). The molecule has 9 heteroatoms. The normalized spacial score (nSPS) is 12.8. The lowest BCUT2D eigenvalue weighted by Gasteiger charge is -2.14. The summed E-state index contributed by atoms with van der Waals surface area (Å²) in [5, 5.41) is 6.10. The van der Waals surface area contributed by atoms with Gasteiger partial charge in [-0.2, -0.15) is 4.72 Å². The Morgan fingerprint density at radius 1 is 1.20 bits per heavy atom. The molecule has 0 fully saturated rings. The monoisotopic (exact) mass is 367 g/mol. The Morgan fingerprint density at radius 3 is 2.36 bits per heavy atom. The lowest BCUT2D eigenvalue weighted by Crippen LogP contribution is -2.41. The Kier molecular flexibility index (Phi) is 5.81. The van der Waals surface area contributed by atoms with E-state index in [0.717, 1.165) is 0 Å². The van der Waals surface area contributed by atoms with E-state index >= 15 is 0 Å². The van der Waals surface area contributed by atoms with E-state index < -0.39 is 22.0 Å². The Labute approximate surface area is 146 Å². The molecule has 8 nitrogen and oxygen atoms in total. The first-order chi connectivity index (χ1) is 11.7. The van der Waals surface area contributed by atoms with Gasteiger partial charge in [0.2, 0.25) is 15.9 Å². The zero-order chi connectivity index (χ0) is 18.6. The second kappa shape index (κ2) is 7.66. The zero-order valence-corrected chi connectivity index (χ0v) is 15.3. The van der Waals surface area contributed by atoms with Crippen molar-refractivity contribution in [1.29, 1.82) is 0 Å². The van der Waals surface area contributed by atoms with Crippen LogP contribution in [-0.4, -0.2) is 31.6 Å². The molecule has 2 N–H and O–H groups in total. The largest absolute Gasteiger partial charge is 0.491 e. The smallest absolute Gasteiger partial charge is 0.243 e. The number of aromatic nitrogens is 1. The first-order valence-corrected chi connectivity index (χ1v) is 9.19. The van der Waals surface area contributed by atoms with Crippen LogP contribution in [0.4, 0.5) is 5.82 Å². The molecule has 1 aromatic heterocycles. The molecular weight excluding hydrogens is 346 g/mol. The van der Waals surface area contributed by atoms with Crippen molar-refractivity contribution >= 4 is 21.7 Å². The molecule has 2 aromatic rings. The van der Waals surface area contributed by atoms with Crippen LogP contribution < -0.4 is 14.8 Å². The summed E-state index contributed by atoms with van der Waals surface area (Å²) < 4.78 is 37.4. The van der Waals surface area contributed by atoms with Crippen LogP contribution in [0.25, 0.3) is 0 Å². The maximum atomic E-state index is 12.4. The topological polar surface area (TPSA) is 111 Å². The third-order valence-electron chi connectivity index (χ3n) is 3.11. The van der Waals surface area contributed by atoms with Crippen molar-refractivity contribution < 1.29 is 22.5 Å². The van der Waals surface area contributed by atoms with Crippen LogP contribution in [0.15, 0.2) is 39.8 Å². The summed E-state index contributed by atoms with van der Waals surface area (Å²) in [6, 6.07) is 6.52. The molecule has 0 aliphatic carbocycles. The van der Waals surface area contributed by atoms with E-state index in [9.17, 15) is 13.2 Å². The molecule has 1 heterocycles. The van der Waals surface area contributed by atoms with Gasteiger partial charge in [0.1, 0.15) is 11.5 Å². The zero-order valence-electron chi connectivity index (χ0n) is 14.4. The van der Waals surface area contributed by atoms with Crippen LogP contribution in [0.5, 0.6) is 5.75 Å². The maximum absolute atomic E-state index is 12.4. The van der Waals surface area contributed by atoms with Crippen LogP contribution in [0.2, 0.25) is 0 Å². The summed E-state index contributed by atoms with van der Waals surface area (Å²) in [7, 11) is -3.85. The van der Waals surface area contributed by atoms with Crippen molar-refractivity contribution in [2.24, 2.45) is 0 Å². The maximum Gasteiger partial charge on any atom is 0.243 e. The van der Waals surface area contributed by atoms with Crippen molar-refractivity contribution in [3.8, 4) is 5.75 Å². The van der Waals surface area contributed by atoms with Crippen molar-refractivity contribution in [3.63, 3.8) is 0 Å². The Balaban J connectivity index is 2.02. The number of ether oxygens (including phenoxy) is 1. The third kappa shape index (κ3) is 5.30. The number of benzene rings is 1. The summed E-state index contributed by atoms with van der Waals surface area (Å²) in [4.78, 5) is 12.1. The minimum atomic E-state index is -3.85. The van der Waals surface area contributed by atoms with Gasteiger partial charge in [0.25, 0.3) is 0 Å². The molecule has 0 aliphatic rings. The van der Waals surface area contributed by atoms with E-state index in [1.165, 1.54) is 25.1 Å². The van der Waals surface area contributed by atoms with Crippen molar-refractivity contribution in [2.45, 2.75) is 44.7 Å². The number of amides is 1. The van der Waals surface area contributed by atoms with Crippen molar-refractivity contribution in [3.05, 3.63) is 36.1 Å². The van der Waals surface area contributed by atoms with Gasteiger partial charge in [-0.15, -0.1) is 0 Å². The average Bonchev–Trinajstić information content (AvgIpc) is 2.91. The fourth-order valence-electron chi connectivity index (χ4n) is 1.98. The lowest BCUT2D eigenvalue weighted by molar-refractivity contribution is -0.117. The van der Waals surface area contributed by atoms with Crippen molar-refractivity contribution in [1.82, 2.24) is 9.88 Å². The molecule has 0 bridgehead atoms. The fourth-order valence-corrected chi connectivity index (χ4v) is 3.19. The van der Waals surface area contributed by atoms with Crippen LogP contribution in [0.3, 0.4) is 0 Å². The second-order valence-corrected chi connectivity index (χ2v) is 7.51. The summed E-state index contributed by atoms with van der Waals surface area (Å²) in [6.07, 6.45) is -0.00975. The van der Waals surface area contributed by atoms with Crippen LogP contribution in [0, 0.1) is 6.92 Å². The molecular formula is C16H21N3O5S. The van der Waals surface area contributed by atoms with Gasteiger partial charge in [0, 0.05) is 6.07 Å². The van der Waals surface area contributed by atoms with E-state index in [1.807, 2.05) is 13.8 Å². The first kappa shape index (κ1) is 18.9. The minimum Gasteiger partial charge on any atom is -0.491 e. The first-order valence-electron chi connectivity index (χ1n) is 7.70. The molecule has 0 radical (unpaired) electrons. The summed E-state index contributed by atoms with van der Waals surface area (Å²) in [5.74, 6) is 0.786. The third-order valence-corrected chi connectivity index (χ3v) is 4.67. The number of carbonyl (C=O) groups is 1. The number of nitrogens with one attached hydrogen (secondary N) is 2. The molecule has 0 unspecified atom stereocenters. The average molecular weight is 367 g/mol. The number of sulfonamides is 1. The van der Waals surface area contributed by atoms with E-state index in [2.05, 4.69) is 15.2 Å². The SMILES string of the molecule is Cc1cc(NC(=O)[C@@H](C)NS(=O)(=O)c2ccc(OC(C)C)cc2)no1. The van der Waals surface area contributed by atoms with Gasteiger partial charge in [0.05, 0.1) is 17.0 Å². The minimum absolute atomic E-state index is 0.00975. The quantitative estimate of drug-likeness (QED) is 0.775.